The number of hydrogen-bond donors (Lipinski definition) is 1. The van der Waals surface area contributed by atoms with Gasteiger partial charge in [0.2, 0.25) is 0 Å². The minimum atomic E-state index is 0.443. The normalized spacial score (nSPS) is 23.8. The lowest BCUT2D eigenvalue weighted by Gasteiger charge is -2.36. The van der Waals surface area contributed by atoms with E-state index in [4.69, 9.17) is 4.98 Å². The first-order valence-electron chi connectivity index (χ1n) is 8.03. The zero-order valence-corrected chi connectivity index (χ0v) is 13.4. The summed E-state index contributed by atoms with van der Waals surface area (Å²) in [6, 6.07) is 2.02. The molecule has 1 aromatic rings. The zero-order chi connectivity index (χ0) is 14.6. The molecule has 1 saturated carbocycles. The molecule has 1 aliphatic rings. The van der Waals surface area contributed by atoms with Crippen molar-refractivity contribution in [2.45, 2.75) is 65.8 Å². The Morgan fingerprint density at radius 1 is 1.20 bits per heavy atom. The summed E-state index contributed by atoms with van der Waals surface area (Å²) in [5.41, 5.74) is 1.56. The molecule has 0 bridgehead atoms. The van der Waals surface area contributed by atoms with Gasteiger partial charge < -0.3 is 5.32 Å². The molecule has 1 aliphatic carbocycles. The maximum absolute atomic E-state index is 4.75. The van der Waals surface area contributed by atoms with E-state index in [9.17, 15) is 0 Å². The molecule has 2 rings (SSSR count). The van der Waals surface area contributed by atoms with Crippen molar-refractivity contribution in [2.24, 2.45) is 11.3 Å². The summed E-state index contributed by atoms with van der Waals surface area (Å²) in [7, 11) is 0. The molecule has 0 radical (unpaired) electrons. The van der Waals surface area contributed by atoms with Gasteiger partial charge in [-0.2, -0.15) is 0 Å². The van der Waals surface area contributed by atoms with E-state index in [1.54, 1.807) is 0 Å². The van der Waals surface area contributed by atoms with Gasteiger partial charge in [0.25, 0.3) is 0 Å². The van der Waals surface area contributed by atoms with Crippen LogP contribution in [0.15, 0.2) is 12.3 Å². The summed E-state index contributed by atoms with van der Waals surface area (Å²) in [5.74, 6) is 2.48. The second-order valence-corrected chi connectivity index (χ2v) is 7.10. The van der Waals surface area contributed by atoms with Gasteiger partial charge in [-0.1, -0.05) is 27.7 Å². The summed E-state index contributed by atoms with van der Waals surface area (Å²) in [4.78, 5) is 9.27. The van der Waals surface area contributed by atoms with Gasteiger partial charge in [0.15, 0.2) is 0 Å². The Morgan fingerprint density at radius 2 is 1.90 bits per heavy atom. The predicted octanol–water partition coefficient (Wildman–Crippen LogP) is 3.91. The van der Waals surface area contributed by atoms with Crippen LogP contribution in [0.2, 0.25) is 0 Å². The molecule has 3 heteroatoms. The van der Waals surface area contributed by atoms with Crippen molar-refractivity contribution < 1.29 is 0 Å². The Morgan fingerprint density at radius 3 is 2.50 bits per heavy atom. The maximum atomic E-state index is 4.75. The van der Waals surface area contributed by atoms with Gasteiger partial charge in [0, 0.05) is 18.7 Å². The van der Waals surface area contributed by atoms with Crippen molar-refractivity contribution >= 4 is 0 Å². The van der Waals surface area contributed by atoms with E-state index < -0.39 is 0 Å². The first kappa shape index (κ1) is 15.4. The number of hydrogen-bond acceptors (Lipinski definition) is 3. The lowest BCUT2D eigenvalue weighted by atomic mass is 9.69. The van der Waals surface area contributed by atoms with Crippen molar-refractivity contribution in [1.29, 1.82) is 0 Å². The summed E-state index contributed by atoms with van der Waals surface area (Å²) >= 11 is 0. The quantitative estimate of drug-likeness (QED) is 0.905. The van der Waals surface area contributed by atoms with Crippen molar-refractivity contribution in [3.63, 3.8) is 0 Å². The highest BCUT2D eigenvalue weighted by Crippen LogP contribution is 2.42. The molecule has 20 heavy (non-hydrogen) atoms. The Bertz CT molecular complexity index is 414. The molecule has 3 nitrogen and oxygen atoms in total. The third-order valence-electron chi connectivity index (χ3n) is 4.61. The van der Waals surface area contributed by atoms with Crippen LogP contribution in [0.3, 0.4) is 0 Å². The van der Waals surface area contributed by atoms with E-state index in [1.165, 1.54) is 25.7 Å². The summed E-state index contributed by atoms with van der Waals surface area (Å²) in [6.07, 6.45) is 7.04. The minimum absolute atomic E-state index is 0.443. The van der Waals surface area contributed by atoms with Gasteiger partial charge in [0.05, 0.1) is 5.69 Å². The van der Waals surface area contributed by atoms with E-state index in [0.717, 1.165) is 30.5 Å². The van der Waals surface area contributed by atoms with Crippen LogP contribution in [-0.4, -0.2) is 16.5 Å². The maximum Gasteiger partial charge on any atom is 0.131 e. The summed E-state index contributed by atoms with van der Waals surface area (Å²) in [6.45, 7) is 11.1. The molecule has 0 unspecified atom stereocenters. The Kier molecular flexibility index (Phi) is 5.14. The zero-order valence-electron chi connectivity index (χ0n) is 13.4. The summed E-state index contributed by atoms with van der Waals surface area (Å²) < 4.78 is 0. The molecule has 1 N–H and O–H groups in total. The van der Waals surface area contributed by atoms with Gasteiger partial charge in [-0.05, 0) is 49.6 Å². The van der Waals surface area contributed by atoms with E-state index >= 15 is 0 Å². The average molecular weight is 275 g/mol. The van der Waals surface area contributed by atoms with Crippen molar-refractivity contribution in [3.05, 3.63) is 23.8 Å². The minimum Gasteiger partial charge on any atom is -0.311 e. The Balaban J connectivity index is 1.96. The van der Waals surface area contributed by atoms with Gasteiger partial charge >= 0.3 is 0 Å². The highest BCUT2D eigenvalue weighted by molar-refractivity contribution is 5.06. The fourth-order valence-corrected chi connectivity index (χ4v) is 3.18. The van der Waals surface area contributed by atoms with Gasteiger partial charge in [-0.15, -0.1) is 0 Å². The fourth-order valence-electron chi connectivity index (χ4n) is 3.18. The van der Waals surface area contributed by atoms with Crippen LogP contribution < -0.4 is 5.32 Å². The van der Waals surface area contributed by atoms with E-state index in [-0.39, 0.29) is 0 Å². The van der Waals surface area contributed by atoms with Crippen LogP contribution in [0, 0.1) is 11.3 Å². The first-order chi connectivity index (χ1) is 9.50. The Labute approximate surface area is 123 Å². The molecule has 1 heterocycles. The molecule has 0 atom stereocenters. The van der Waals surface area contributed by atoms with Crippen molar-refractivity contribution in [1.82, 2.24) is 15.3 Å². The van der Waals surface area contributed by atoms with E-state index in [1.807, 2.05) is 12.3 Å². The molecule has 1 fully saturated rings. The number of nitrogens with one attached hydrogen (secondary N) is 1. The van der Waals surface area contributed by atoms with Crippen LogP contribution in [0.25, 0.3) is 0 Å². The molecule has 0 amide bonds. The van der Waals surface area contributed by atoms with Crippen molar-refractivity contribution in [3.8, 4) is 0 Å². The van der Waals surface area contributed by atoms with E-state index in [2.05, 4.69) is 38.0 Å². The molecule has 0 spiro atoms. The smallest absolute Gasteiger partial charge is 0.131 e. The lowest BCUT2D eigenvalue weighted by molar-refractivity contribution is 0.167. The highest BCUT2D eigenvalue weighted by Gasteiger charge is 2.31. The monoisotopic (exact) mass is 275 g/mol. The molecular weight excluding hydrogens is 246 g/mol. The molecule has 0 saturated heterocycles. The number of aromatic nitrogens is 2. The molecule has 1 aromatic heterocycles. The van der Waals surface area contributed by atoms with E-state index in [0.29, 0.717) is 11.3 Å². The molecule has 112 valence electrons. The second-order valence-electron chi connectivity index (χ2n) is 7.10. The van der Waals surface area contributed by atoms with Crippen LogP contribution in [-0.2, 0) is 6.54 Å². The SMILES string of the molecule is CCNCc1ccnc(C2CCC(C(C)(C)C)CC2)n1. The number of nitrogens with zero attached hydrogens (tertiary/aromatic N) is 2. The predicted molar refractivity (Wildman–Crippen MR) is 83.6 cm³/mol. The largest absolute Gasteiger partial charge is 0.311 e. The van der Waals surface area contributed by atoms with Crippen molar-refractivity contribution in [2.75, 3.05) is 6.54 Å². The van der Waals surface area contributed by atoms with Gasteiger partial charge in [0.1, 0.15) is 5.82 Å². The van der Waals surface area contributed by atoms with Crippen LogP contribution >= 0.6 is 0 Å². The summed E-state index contributed by atoms with van der Waals surface area (Å²) in [5, 5.41) is 3.33. The van der Waals surface area contributed by atoms with Crippen LogP contribution in [0.1, 0.15) is 70.8 Å². The standard InChI is InChI=1S/C17H29N3/c1-5-18-12-15-10-11-19-16(20-15)13-6-8-14(9-7-13)17(2,3)4/h10-11,13-14,18H,5-9,12H2,1-4H3. The molecule has 0 aliphatic heterocycles. The topological polar surface area (TPSA) is 37.8 Å². The molecule has 0 aromatic carbocycles. The Hall–Kier alpha value is -0.960. The fraction of sp³-hybridized carbons (Fsp3) is 0.765. The second kappa shape index (κ2) is 6.66. The van der Waals surface area contributed by atoms with Crippen LogP contribution in [0.4, 0.5) is 0 Å². The van der Waals surface area contributed by atoms with Gasteiger partial charge in [-0.25, -0.2) is 9.97 Å². The van der Waals surface area contributed by atoms with Crippen LogP contribution in [0.5, 0.6) is 0 Å². The average Bonchev–Trinajstić information content (AvgIpc) is 2.45. The lowest BCUT2D eigenvalue weighted by Crippen LogP contribution is -2.26. The molecular formula is C17H29N3. The third kappa shape index (κ3) is 4.02. The first-order valence-corrected chi connectivity index (χ1v) is 8.03. The van der Waals surface area contributed by atoms with Gasteiger partial charge in [-0.3, -0.25) is 0 Å². The highest BCUT2D eigenvalue weighted by atomic mass is 14.9. The number of rotatable bonds is 4. The third-order valence-corrected chi connectivity index (χ3v) is 4.61.